The number of rotatable bonds is 4. The molecule has 1 heterocycles. The fraction of sp³-hybridized carbons (Fsp3) is 1.00. The Morgan fingerprint density at radius 3 is 2.62 bits per heavy atom. The van der Waals surface area contributed by atoms with Crippen molar-refractivity contribution in [1.82, 2.24) is 4.08 Å². The summed E-state index contributed by atoms with van der Waals surface area (Å²) >= 11 is 3.20. The van der Waals surface area contributed by atoms with Crippen molar-refractivity contribution in [1.29, 1.82) is 0 Å². The van der Waals surface area contributed by atoms with E-state index in [9.17, 15) is 4.57 Å². The Labute approximate surface area is 90.3 Å². The van der Waals surface area contributed by atoms with Crippen LogP contribution in [0, 0.1) is 0 Å². The first-order valence-corrected chi connectivity index (χ1v) is 8.30. The van der Waals surface area contributed by atoms with E-state index in [-0.39, 0.29) is 0 Å². The predicted molar refractivity (Wildman–Crippen MR) is 57.6 cm³/mol. The van der Waals surface area contributed by atoms with Crippen LogP contribution < -0.4 is 0 Å². The Bertz CT molecular complexity index is 196. The van der Waals surface area contributed by atoms with Crippen LogP contribution in [0.5, 0.6) is 0 Å². The summed E-state index contributed by atoms with van der Waals surface area (Å²) in [7, 11) is -1.76. The maximum absolute atomic E-state index is 12.0. The normalized spacial score (nSPS) is 22.1. The van der Waals surface area contributed by atoms with Gasteiger partial charge in [0.1, 0.15) is 0 Å². The Morgan fingerprint density at radius 2 is 2.15 bits per heavy atom. The molecule has 0 atom stereocenters. The van der Waals surface area contributed by atoms with Crippen LogP contribution in [0.25, 0.3) is 0 Å². The van der Waals surface area contributed by atoms with Gasteiger partial charge in [0, 0.05) is 31.7 Å². The molecule has 0 spiro atoms. The van der Waals surface area contributed by atoms with Crippen molar-refractivity contribution in [3.63, 3.8) is 0 Å². The molecule has 0 aliphatic carbocycles. The molecule has 1 aliphatic rings. The van der Waals surface area contributed by atoms with Crippen LogP contribution in [-0.2, 0) is 13.6 Å². The molecular formula is C6H13BrNO3PS. The van der Waals surface area contributed by atoms with Crippen molar-refractivity contribution in [2.24, 2.45) is 0 Å². The van der Waals surface area contributed by atoms with E-state index in [1.165, 1.54) is 10.4 Å². The molecule has 7 heteroatoms. The number of hydrogen-bond acceptors (Lipinski definition) is 4. The van der Waals surface area contributed by atoms with Crippen LogP contribution in [0.3, 0.4) is 0 Å². The van der Waals surface area contributed by atoms with Crippen LogP contribution in [0.2, 0.25) is 0 Å². The predicted octanol–water partition coefficient (Wildman–Crippen LogP) is 3.20. The average Bonchev–Trinajstić information content (AvgIpc) is 2.15. The second kappa shape index (κ2) is 5.73. The van der Waals surface area contributed by atoms with Crippen LogP contribution in [0.1, 0.15) is 19.8 Å². The molecule has 0 amide bonds. The topological polar surface area (TPSA) is 38.8 Å². The van der Waals surface area contributed by atoms with Gasteiger partial charge in [-0.15, -0.1) is 4.08 Å². The second-order valence-corrected chi connectivity index (χ2v) is 6.29. The molecule has 0 aromatic carbocycles. The molecule has 78 valence electrons. The molecule has 4 nitrogen and oxygen atoms in total. The van der Waals surface area contributed by atoms with E-state index in [2.05, 4.69) is 14.8 Å². The summed E-state index contributed by atoms with van der Waals surface area (Å²) in [5.74, 6) is 0. The summed E-state index contributed by atoms with van der Waals surface area (Å²) in [5.41, 5.74) is 0. The zero-order valence-corrected chi connectivity index (χ0v) is 10.7. The molecular weight excluding hydrogens is 277 g/mol. The van der Waals surface area contributed by atoms with E-state index >= 15 is 0 Å². The largest absolute Gasteiger partial charge is 0.418 e. The van der Waals surface area contributed by atoms with Crippen LogP contribution in [0.4, 0.5) is 0 Å². The SMILES string of the molecule is CCCN(SBr)P1(=O)OCCCO1. The smallest absolute Gasteiger partial charge is 0.296 e. The highest BCUT2D eigenvalue weighted by atomic mass is 79.9. The van der Waals surface area contributed by atoms with Gasteiger partial charge in [-0.1, -0.05) is 6.92 Å². The highest BCUT2D eigenvalue weighted by Gasteiger charge is 2.35. The van der Waals surface area contributed by atoms with Crippen molar-refractivity contribution in [2.45, 2.75) is 19.8 Å². The fourth-order valence-corrected chi connectivity index (χ4v) is 5.17. The molecule has 1 saturated heterocycles. The summed E-state index contributed by atoms with van der Waals surface area (Å²) in [6.45, 7) is 3.75. The van der Waals surface area contributed by atoms with Gasteiger partial charge in [-0.3, -0.25) is 9.05 Å². The number of nitrogens with zero attached hydrogens (tertiary/aromatic N) is 1. The lowest BCUT2D eigenvalue weighted by molar-refractivity contribution is 0.127. The van der Waals surface area contributed by atoms with E-state index in [4.69, 9.17) is 9.05 Å². The molecule has 0 unspecified atom stereocenters. The maximum atomic E-state index is 12.0. The van der Waals surface area contributed by atoms with Gasteiger partial charge in [-0.25, -0.2) is 4.57 Å². The van der Waals surface area contributed by atoms with Crippen molar-refractivity contribution >= 4 is 32.9 Å². The average molecular weight is 290 g/mol. The first kappa shape index (κ1) is 12.0. The van der Waals surface area contributed by atoms with E-state index < -0.39 is 7.75 Å². The quantitative estimate of drug-likeness (QED) is 0.587. The van der Waals surface area contributed by atoms with Gasteiger partial charge in [0.2, 0.25) is 0 Å². The van der Waals surface area contributed by atoms with Crippen molar-refractivity contribution in [2.75, 3.05) is 19.8 Å². The monoisotopic (exact) mass is 289 g/mol. The molecule has 0 bridgehead atoms. The number of hydrogen-bond donors (Lipinski definition) is 0. The molecule has 0 aromatic rings. The standard InChI is InChI=1S/C6H13BrNO3PS/c1-2-4-8(13-7)12(9)10-5-3-6-11-12/h2-6H2,1H3. The van der Waals surface area contributed by atoms with E-state index in [1.807, 2.05) is 6.92 Å². The van der Waals surface area contributed by atoms with Gasteiger partial charge >= 0.3 is 7.75 Å². The van der Waals surface area contributed by atoms with Crippen molar-refractivity contribution < 1.29 is 13.6 Å². The van der Waals surface area contributed by atoms with E-state index in [0.717, 1.165) is 12.8 Å². The Balaban J connectivity index is 2.58. The van der Waals surface area contributed by atoms with Crippen molar-refractivity contribution in [3.8, 4) is 0 Å². The highest BCUT2D eigenvalue weighted by molar-refractivity contribution is 9.49. The Hall–Kier alpha value is 0.940. The zero-order chi connectivity index (χ0) is 9.73. The van der Waals surface area contributed by atoms with Crippen LogP contribution in [0.15, 0.2) is 0 Å². The molecule has 0 aromatic heterocycles. The molecule has 1 rings (SSSR count). The van der Waals surface area contributed by atoms with Gasteiger partial charge in [-0.05, 0) is 12.8 Å². The minimum absolute atomic E-state index is 0.519. The molecule has 0 radical (unpaired) electrons. The summed E-state index contributed by atoms with van der Waals surface area (Å²) < 4.78 is 24.0. The van der Waals surface area contributed by atoms with Gasteiger partial charge in [0.05, 0.1) is 13.2 Å². The van der Waals surface area contributed by atoms with Gasteiger partial charge < -0.3 is 0 Å². The molecule has 1 fully saturated rings. The van der Waals surface area contributed by atoms with Gasteiger partial charge in [0.25, 0.3) is 0 Å². The highest BCUT2D eigenvalue weighted by Crippen LogP contribution is 2.58. The number of halogens is 1. The molecule has 0 saturated carbocycles. The third-order valence-electron chi connectivity index (χ3n) is 1.57. The first-order chi connectivity index (χ1) is 6.23. The lowest BCUT2D eigenvalue weighted by atomic mass is 10.5. The summed E-state index contributed by atoms with van der Waals surface area (Å²) in [4.78, 5) is 0. The molecule has 1 aliphatic heterocycles. The van der Waals surface area contributed by atoms with Crippen LogP contribution >= 0.6 is 32.9 Å². The first-order valence-electron chi connectivity index (χ1n) is 4.19. The lowest BCUT2D eigenvalue weighted by Crippen LogP contribution is -2.20. The molecule has 13 heavy (non-hydrogen) atoms. The summed E-state index contributed by atoms with van der Waals surface area (Å²) in [6.07, 6.45) is 1.73. The fourth-order valence-electron chi connectivity index (χ4n) is 0.971. The third kappa shape index (κ3) is 3.22. The minimum Gasteiger partial charge on any atom is -0.296 e. The maximum Gasteiger partial charge on any atom is 0.418 e. The summed E-state index contributed by atoms with van der Waals surface area (Å²) in [5, 5.41) is 0. The molecule has 0 N–H and O–H groups in total. The second-order valence-electron chi connectivity index (χ2n) is 2.63. The van der Waals surface area contributed by atoms with E-state index in [1.54, 1.807) is 4.08 Å². The van der Waals surface area contributed by atoms with Gasteiger partial charge in [-0.2, -0.15) is 0 Å². The third-order valence-corrected chi connectivity index (χ3v) is 6.24. The minimum atomic E-state index is -2.99. The van der Waals surface area contributed by atoms with E-state index in [0.29, 0.717) is 19.8 Å². The Morgan fingerprint density at radius 1 is 1.54 bits per heavy atom. The summed E-state index contributed by atoms with van der Waals surface area (Å²) in [6, 6.07) is 0. The zero-order valence-electron chi connectivity index (χ0n) is 7.44. The lowest BCUT2D eigenvalue weighted by Gasteiger charge is -2.29. The van der Waals surface area contributed by atoms with Crippen molar-refractivity contribution in [3.05, 3.63) is 0 Å². The van der Waals surface area contributed by atoms with Crippen LogP contribution in [-0.4, -0.2) is 23.8 Å². The Kier molecular flexibility index (Phi) is 5.30. The van der Waals surface area contributed by atoms with Gasteiger partial charge in [0.15, 0.2) is 0 Å².